The number of carbonyl (C=O) groups excluding carboxylic acids is 2. The van der Waals surface area contributed by atoms with E-state index in [4.69, 9.17) is 9.47 Å². The number of ether oxygens (including phenoxy) is 2. The van der Waals surface area contributed by atoms with Gasteiger partial charge in [0.25, 0.3) is 0 Å². The Labute approximate surface area is 154 Å². The van der Waals surface area contributed by atoms with Gasteiger partial charge in [0.15, 0.2) is 0 Å². The summed E-state index contributed by atoms with van der Waals surface area (Å²) in [5.74, 6) is -2.07. The molecule has 2 aliphatic rings. The van der Waals surface area contributed by atoms with Gasteiger partial charge in [-0.25, -0.2) is 4.79 Å². The molecule has 1 heterocycles. The molecule has 0 amide bonds. The Kier molecular flexibility index (Phi) is 6.42. The molecule has 1 aliphatic carbocycles. The number of esters is 2. The Morgan fingerprint density at radius 1 is 1.38 bits per heavy atom. The summed E-state index contributed by atoms with van der Waals surface area (Å²) in [6.07, 6.45) is 0.672. The minimum atomic E-state index is -1.12. The molecule has 6 nitrogen and oxygen atoms in total. The molecule has 2 N–H and O–H groups in total. The average molecular weight is 364 g/mol. The van der Waals surface area contributed by atoms with Gasteiger partial charge in [-0.15, -0.1) is 0 Å². The molecule has 1 saturated heterocycles. The van der Waals surface area contributed by atoms with E-state index in [0.29, 0.717) is 24.0 Å². The number of aliphatic hydroxyl groups excluding tert-OH is 2. The fourth-order valence-electron chi connectivity index (χ4n) is 3.11. The third-order valence-electron chi connectivity index (χ3n) is 5.28. The highest BCUT2D eigenvalue weighted by atomic mass is 16.6. The first kappa shape index (κ1) is 20.4. The van der Waals surface area contributed by atoms with Gasteiger partial charge >= 0.3 is 11.9 Å². The van der Waals surface area contributed by atoms with Crippen molar-refractivity contribution in [2.75, 3.05) is 0 Å². The van der Waals surface area contributed by atoms with Crippen LogP contribution in [0.15, 0.2) is 35.5 Å². The van der Waals surface area contributed by atoms with Gasteiger partial charge in [-0.3, -0.25) is 4.79 Å². The number of hydrogen-bond acceptors (Lipinski definition) is 6. The van der Waals surface area contributed by atoms with Crippen LogP contribution < -0.4 is 0 Å². The van der Waals surface area contributed by atoms with Gasteiger partial charge in [0.05, 0.1) is 17.9 Å². The van der Waals surface area contributed by atoms with Gasteiger partial charge in [-0.1, -0.05) is 26.5 Å². The van der Waals surface area contributed by atoms with Crippen LogP contribution in [-0.4, -0.2) is 46.6 Å². The Balaban J connectivity index is 2.47. The fraction of sp³-hybridized carbons (Fsp3) is 0.600. The van der Waals surface area contributed by atoms with Gasteiger partial charge in [-0.05, 0) is 43.9 Å². The van der Waals surface area contributed by atoms with E-state index in [2.05, 4.69) is 6.58 Å². The number of carbonyl (C=O) groups is 2. The number of hydrogen-bond donors (Lipinski definition) is 2. The quantitative estimate of drug-likeness (QED) is 0.452. The largest absolute Gasteiger partial charge is 0.458 e. The maximum absolute atomic E-state index is 12.4. The minimum Gasteiger partial charge on any atom is -0.458 e. The van der Waals surface area contributed by atoms with E-state index in [0.717, 1.165) is 0 Å². The predicted octanol–water partition coefficient (Wildman–Crippen LogP) is 2.06. The van der Waals surface area contributed by atoms with E-state index in [1.807, 2.05) is 6.92 Å². The minimum absolute atomic E-state index is 0.155. The van der Waals surface area contributed by atoms with E-state index < -0.39 is 42.3 Å². The summed E-state index contributed by atoms with van der Waals surface area (Å²) < 4.78 is 11.0. The molecule has 6 heteroatoms. The van der Waals surface area contributed by atoms with Gasteiger partial charge in [-0.2, -0.15) is 0 Å². The van der Waals surface area contributed by atoms with Crippen molar-refractivity contribution in [1.29, 1.82) is 0 Å². The van der Waals surface area contributed by atoms with Crippen LogP contribution in [0.25, 0.3) is 0 Å². The van der Waals surface area contributed by atoms with Crippen molar-refractivity contribution >= 4 is 11.9 Å². The maximum atomic E-state index is 12.4. The summed E-state index contributed by atoms with van der Waals surface area (Å²) in [5.41, 5.74) is 1.37. The van der Waals surface area contributed by atoms with E-state index >= 15 is 0 Å². The topological polar surface area (TPSA) is 93.1 Å². The summed E-state index contributed by atoms with van der Waals surface area (Å²) in [6.45, 7) is 10.9. The normalized spacial score (nSPS) is 37.5. The second kappa shape index (κ2) is 8.18. The zero-order valence-electron chi connectivity index (χ0n) is 15.8. The predicted molar refractivity (Wildman–Crippen MR) is 96.0 cm³/mol. The van der Waals surface area contributed by atoms with Crippen molar-refractivity contribution < 1.29 is 29.3 Å². The monoisotopic (exact) mass is 364 g/mol. The smallest absolute Gasteiger partial charge is 0.334 e. The van der Waals surface area contributed by atoms with E-state index in [1.165, 1.54) is 0 Å². The zero-order valence-corrected chi connectivity index (χ0v) is 15.8. The van der Waals surface area contributed by atoms with Crippen LogP contribution in [0.4, 0.5) is 0 Å². The highest BCUT2D eigenvalue weighted by Crippen LogP contribution is 2.36. The first-order chi connectivity index (χ1) is 12.2. The molecular formula is C20H28O6. The standard InChI is InChI=1S/C20H28O6/c1-6-10(2)19(23)26-18-16-13(5)20(24)25-15(16)9-12(4)14(21)8-7-11(3)17(18)22/h7,9-10,14-18,21-22H,5-6,8H2,1-4H3/b11-7-,12-9-/t10-,14+,15-,16+,17-,18+/m1/s1. The lowest BCUT2D eigenvalue weighted by Gasteiger charge is -2.32. The fourth-order valence-corrected chi connectivity index (χ4v) is 3.11. The third kappa shape index (κ3) is 4.07. The Bertz CT molecular complexity index is 647. The number of rotatable bonds is 3. The first-order valence-corrected chi connectivity index (χ1v) is 8.98. The molecule has 0 radical (unpaired) electrons. The second-order valence-corrected chi connectivity index (χ2v) is 7.19. The second-order valence-electron chi connectivity index (χ2n) is 7.19. The molecule has 2 rings (SSSR count). The molecule has 0 aromatic carbocycles. The molecule has 0 spiro atoms. The Morgan fingerprint density at radius 2 is 2.04 bits per heavy atom. The van der Waals surface area contributed by atoms with Crippen LogP contribution in [0.1, 0.15) is 40.5 Å². The van der Waals surface area contributed by atoms with Crippen molar-refractivity contribution in [3.05, 3.63) is 35.5 Å². The summed E-state index contributed by atoms with van der Waals surface area (Å²) >= 11 is 0. The molecule has 1 fully saturated rings. The summed E-state index contributed by atoms with van der Waals surface area (Å²) in [5, 5.41) is 21.0. The van der Waals surface area contributed by atoms with Crippen LogP contribution in [0.5, 0.6) is 0 Å². The molecule has 144 valence electrons. The van der Waals surface area contributed by atoms with Crippen molar-refractivity contribution in [2.24, 2.45) is 11.8 Å². The van der Waals surface area contributed by atoms with Crippen molar-refractivity contribution in [1.82, 2.24) is 0 Å². The summed E-state index contributed by atoms with van der Waals surface area (Å²) in [4.78, 5) is 24.5. The van der Waals surface area contributed by atoms with E-state index in [9.17, 15) is 19.8 Å². The van der Waals surface area contributed by atoms with Crippen LogP contribution in [0.3, 0.4) is 0 Å². The molecule has 0 saturated carbocycles. The molecule has 0 unspecified atom stereocenters. The van der Waals surface area contributed by atoms with Crippen LogP contribution in [-0.2, 0) is 19.1 Å². The molecule has 26 heavy (non-hydrogen) atoms. The first-order valence-electron chi connectivity index (χ1n) is 8.98. The van der Waals surface area contributed by atoms with Gasteiger partial charge in [0, 0.05) is 5.57 Å². The Morgan fingerprint density at radius 3 is 2.65 bits per heavy atom. The van der Waals surface area contributed by atoms with Crippen molar-refractivity contribution in [3.8, 4) is 0 Å². The third-order valence-corrected chi connectivity index (χ3v) is 5.28. The zero-order chi connectivity index (χ0) is 19.6. The average Bonchev–Trinajstić information content (AvgIpc) is 2.88. The summed E-state index contributed by atoms with van der Waals surface area (Å²) in [7, 11) is 0. The van der Waals surface area contributed by atoms with Gasteiger partial charge in [0.2, 0.25) is 0 Å². The number of fused-ring (bicyclic) bond motifs is 1. The van der Waals surface area contributed by atoms with E-state index in [-0.39, 0.29) is 11.5 Å². The molecule has 0 aromatic heterocycles. The van der Waals surface area contributed by atoms with Crippen LogP contribution >= 0.6 is 0 Å². The van der Waals surface area contributed by atoms with Crippen molar-refractivity contribution in [2.45, 2.75) is 65.0 Å². The molecule has 0 bridgehead atoms. The number of aliphatic hydroxyl groups is 2. The van der Waals surface area contributed by atoms with Crippen LogP contribution in [0.2, 0.25) is 0 Å². The summed E-state index contributed by atoms with van der Waals surface area (Å²) in [6, 6.07) is 0. The highest BCUT2D eigenvalue weighted by Gasteiger charge is 2.47. The Hall–Kier alpha value is -1.92. The SMILES string of the molecule is C=C1C(=O)O[C@@H]2/C=C(/C)[C@@H](O)C/C=C(/C)[C@@H](O)[C@@H](OC(=O)[C@H](C)CC)[C@@H]12. The van der Waals surface area contributed by atoms with E-state index in [1.54, 1.807) is 32.9 Å². The molecule has 6 atom stereocenters. The molecule has 0 aromatic rings. The van der Waals surface area contributed by atoms with Crippen molar-refractivity contribution in [3.63, 3.8) is 0 Å². The van der Waals surface area contributed by atoms with Crippen LogP contribution in [0, 0.1) is 11.8 Å². The van der Waals surface area contributed by atoms with Gasteiger partial charge in [0.1, 0.15) is 18.3 Å². The molecule has 1 aliphatic heterocycles. The lowest BCUT2D eigenvalue weighted by Crippen LogP contribution is -2.43. The lowest BCUT2D eigenvalue weighted by molar-refractivity contribution is -0.162. The lowest BCUT2D eigenvalue weighted by atomic mass is 9.83. The molecular weight excluding hydrogens is 336 g/mol. The highest BCUT2D eigenvalue weighted by molar-refractivity contribution is 5.91. The maximum Gasteiger partial charge on any atom is 0.334 e. The van der Waals surface area contributed by atoms with Gasteiger partial charge < -0.3 is 19.7 Å².